The van der Waals surface area contributed by atoms with Crippen LogP contribution in [0.25, 0.3) is 0 Å². The lowest BCUT2D eigenvalue weighted by atomic mass is 10.0. The molecule has 0 aliphatic rings. The number of hydrogen-bond acceptors (Lipinski definition) is 5. The molecule has 0 aliphatic heterocycles. The van der Waals surface area contributed by atoms with Crippen LogP contribution in [0.3, 0.4) is 0 Å². The Morgan fingerprint density at radius 1 is 1.00 bits per heavy atom. The molecule has 3 rings (SSSR count). The smallest absolute Gasteiger partial charge is 0.251 e. The van der Waals surface area contributed by atoms with E-state index < -0.39 is 0 Å². The summed E-state index contributed by atoms with van der Waals surface area (Å²) in [5.41, 5.74) is 1.45. The quantitative estimate of drug-likeness (QED) is 0.326. The van der Waals surface area contributed by atoms with Crippen molar-refractivity contribution in [2.75, 3.05) is 5.75 Å². The van der Waals surface area contributed by atoms with Gasteiger partial charge in [0.2, 0.25) is 5.91 Å². The average molecular weight is 535 g/mol. The van der Waals surface area contributed by atoms with E-state index in [1.54, 1.807) is 12.1 Å². The van der Waals surface area contributed by atoms with Gasteiger partial charge in [-0.25, -0.2) is 0 Å². The van der Waals surface area contributed by atoms with Gasteiger partial charge in [0, 0.05) is 12.1 Å². The number of halogens is 2. The Morgan fingerprint density at radius 2 is 1.71 bits per heavy atom. The zero-order valence-electron chi connectivity index (χ0n) is 20.1. The SMILES string of the molecule is CCn1c(SCC(=O)N[C@H](C)c2ccccc2)nnc1[C@H](NC(=O)c1ccc(Cl)c(Cl)c1)C(C)C. The topological polar surface area (TPSA) is 88.9 Å². The van der Waals surface area contributed by atoms with Gasteiger partial charge in [-0.05, 0) is 43.5 Å². The highest BCUT2D eigenvalue weighted by Crippen LogP contribution is 2.27. The number of hydrogen-bond donors (Lipinski definition) is 2. The van der Waals surface area contributed by atoms with Crippen LogP contribution in [0.5, 0.6) is 0 Å². The van der Waals surface area contributed by atoms with Crippen LogP contribution in [-0.4, -0.2) is 32.3 Å². The summed E-state index contributed by atoms with van der Waals surface area (Å²) in [6.07, 6.45) is 0. The van der Waals surface area contributed by atoms with Gasteiger partial charge in [0.25, 0.3) is 5.91 Å². The highest BCUT2D eigenvalue weighted by molar-refractivity contribution is 7.99. The van der Waals surface area contributed by atoms with Crippen LogP contribution < -0.4 is 10.6 Å². The number of benzene rings is 2. The van der Waals surface area contributed by atoms with Gasteiger partial charge in [-0.15, -0.1) is 10.2 Å². The van der Waals surface area contributed by atoms with Gasteiger partial charge in [-0.3, -0.25) is 9.59 Å². The van der Waals surface area contributed by atoms with Crippen molar-refractivity contribution < 1.29 is 9.59 Å². The molecule has 0 saturated carbocycles. The molecule has 7 nitrogen and oxygen atoms in total. The third-order valence-electron chi connectivity index (χ3n) is 5.48. The van der Waals surface area contributed by atoms with E-state index in [4.69, 9.17) is 23.2 Å². The molecule has 10 heteroatoms. The lowest BCUT2D eigenvalue weighted by Crippen LogP contribution is -2.34. The van der Waals surface area contributed by atoms with Gasteiger partial charge in [-0.2, -0.15) is 0 Å². The fourth-order valence-electron chi connectivity index (χ4n) is 3.56. The summed E-state index contributed by atoms with van der Waals surface area (Å²) in [4.78, 5) is 25.4. The number of thioether (sulfide) groups is 1. The molecule has 0 aliphatic carbocycles. The number of carbonyl (C=O) groups is 2. The molecule has 0 bridgehead atoms. The summed E-state index contributed by atoms with van der Waals surface area (Å²) in [5, 5.41) is 16.1. The number of nitrogens with zero attached hydrogens (tertiary/aromatic N) is 3. The van der Waals surface area contributed by atoms with Gasteiger partial charge in [0.1, 0.15) is 0 Å². The first-order valence-corrected chi connectivity index (χ1v) is 13.1. The van der Waals surface area contributed by atoms with Crippen LogP contribution in [-0.2, 0) is 11.3 Å². The van der Waals surface area contributed by atoms with Crippen LogP contribution in [0.2, 0.25) is 10.0 Å². The minimum Gasteiger partial charge on any atom is -0.349 e. The summed E-state index contributed by atoms with van der Waals surface area (Å²) in [6, 6.07) is 14.1. The van der Waals surface area contributed by atoms with Crippen molar-refractivity contribution in [1.82, 2.24) is 25.4 Å². The summed E-state index contributed by atoms with van der Waals surface area (Å²) < 4.78 is 1.93. The summed E-state index contributed by atoms with van der Waals surface area (Å²) in [7, 11) is 0. The molecule has 0 unspecified atom stereocenters. The molecule has 2 N–H and O–H groups in total. The van der Waals surface area contributed by atoms with Gasteiger partial charge in [-0.1, -0.05) is 79.1 Å². The normalized spacial score (nSPS) is 12.9. The predicted molar refractivity (Wildman–Crippen MR) is 141 cm³/mol. The van der Waals surface area contributed by atoms with Gasteiger partial charge in [0.05, 0.1) is 27.9 Å². The molecule has 2 amide bonds. The lowest BCUT2D eigenvalue weighted by Gasteiger charge is -2.22. The van der Waals surface area contributed by atoms with Gasteiger partial charge < -0.3 is 15.2 Å². The Kier molecular flexibility index (Phi) is 9.60. The molecular formula is C25H29Cl2N5O2S. The van der Waals surface area contributed by atoms with Crippen molar-refractivity contribution in [2.45, 2.75) is 51.5 Å². The molecule has 186 valence electrons. The van der Waals surface area contributed by atoms with Crippen molar-refractivity contribution in [2.24, 2.45) is 5.92 Å². The molecule has 35 heavy (non-hydrogen) atoms. The standard InChI is InChI=1S/C25H29Cl2N5O2S/c1-5-32-23(22(15(2)3)29-24(34)18-11-12-19(26)20(27)13-18)30-31-25(32)35-14-21(33)28-16(4)17-9-7-6-8-10-17/h6-13,15-16,22H,5,14H2,1-4H3,(H,28,33)(H,29,34)/t16-,22-/m1/s1. The Labute approximate surface area is 220 Å². The van der Waals surface area contributed by atoms with Crippen molar-refractivity contribution in [3.05, 3.63) is 75.5 Å². The van der Waals surface area contributed by atoms with E-state index in [1.165, 1.54) is 17.8 Å². The molecule has 1 aromatic heterocycles. The molecule has 1 heterocycles. The molecule has 2 atom stereocenters. The van der Waals surface area contributed by atoms with Crippen molar-refractivity contribution >= 4 is 46.8 Å². The summed E-state index contributed by atoms with van der Waals surface area (Å²) in [5.74, 6) is 0.515. The zero-order chi connectivity index (χ0) is 25.5. The van der Waals surface area contributed by atoms with Crippen LogP contribution in [0.4, 0.5) is 0 Å². The first kappa shape index (κ1) is 27.0. The minimum absolute atomic E-state index is 0.0455. The minimum atomic E-state index is -0.384. The molecular weight excluding hydrogens is 505 g/mol. The Balaban J connectivity index is 1.69. The van der Waals surface area contributed by atoms with Gasteiger partial charge >= 0.3 is 0 Å². The Morgan fingerprint density at radius 3 is 2.34 bits per heavy atom. The average Bonchev–Trinajstić information content (AvgIpc) is 3.25. The first-order chi connectivity index (χ1) is 16.7. The second-order valence-corrected chi connectivity index (χ2v) is 10.2. The monoisotopic (exact) mass is 533 g/mol. The van der Waals surface area contributed by atoms with Crippen LogP contribution in [0, 0.1) is 5.92 Å². The Bertz CT molecular complexity index is 1170. The zero-order valence-corrected chi connectivity index (χ0v) is 22.4. The van der Waals surface area contributed by atoms with E-state index in [1.807, 2.05) is 62.6 Å². The van der Waals surface area contributed by atoms with E-state index in [9.17, 15) is 9.59 Å². The molecule has 0 spiro atoms. The van der Waals surface area contributed by atoms with E-state index in [0.717, 1.165) is 5.56 Å². The van der Waals surface area contributed by atoms with Crippen molar-refractivity contribution in [3.63, 3.8) is 0 Å². The second-order valence-electron chi connectivity index (χ2n) is 8.40. The van der Waals surface area contributed by atoms with E-state index in [2.05, 4.69) is 20.8 Å². The highest BCUT2D eigenvalue weighted by Gasteiger charge is 2.26. The van der Waals surface area contributed by atoms with E-state index >= 15 is 0 Å². The number of nitrogens with one attached hydrogen (secondary N) is 2. The van der Waals surface area contributed by atoms with E-state index in [0.29, 0.717) is 33.1 Å². The largest absolute Gasteiger partial charge is 0.349 e. The number of amides is 2. The Hall–Kier alpha value is -2.55. The van der Waals surface area contributed by atoms with Crippen LogP contribution in [0.1, 0.15) is 61.5 Å². The summed E-state index contributed by atoms with van der Waals surface area (Å²) >= 11 is 13.4. The maximum absolute atomic E-state index is 12.9. The van der Waals surface area contributed by atoms with Crippen molar-refractivity contribution in [1.29, 1.82) is 0 Å². The number of carbonyl (C=O) groups excluding carboxylic acids is 2. The third-order valence-corrected chi connectivity index (χ3v) is 7.19. The third kappa shape index (κ3) is 6.99. The summed E-state index contributed by atoms with van der Waals surface area (Å²) in [6.45, 7) is 8.53. The van der Waals surface area contributed by atoms with Gasteiger partial charge in [0.15, 0.2) is 11.0 Å². The maximum Gasteiger partial charge on any atom is 0.251 e. The number of rotatable bonds is 10. The predicted octanol–water partition coefficient (Wildman–Crippen LogP) is 5.70. The molecule has 0 saturated heterocycles. The number of aromatic nitrogens is 3. The first-order valence-electron chi connectivity index (χ1n) is 11.4. The van der Waals surface area contributed by atoms with Crippen molar-refractivity contribution in [3.8, 4) is 0 Å². The lowest BCUT2D eigenvalue weighted by molar-refractivity contribution is -0.119. The highest BCUT2D eigenvalue weighted by atomic mass is 35.5. The van der Waals surface area contributed by atoms with Crippen LogP contribution in [0.15, 0.2) is 53.7 Å². The molecule has 0 fully saturated rings. The molecule has 0 radical (unpaired) electrons. The molecule has 2 aromatic carbocycles. The van der Waals surface area contributed by atoms with Crippen LogP contribution >= 0.6 is 35.0 Å². The fourth-order valence-corrected chi connectivity index (χ4v) is 4.68. The van der Waals surface area contributed by atoms with E-state index in [-0.39, 0.29) is 35.6 Å². The maximum atomic E-state index is 12.9. The molecule has 3 aromatic rings. The fraction of sp³-hybridized carbons (Fsp3) is 0.360. The second kappa shape index (κ2) is 12.4.